The summed E-state index contributed by atoms with van der Waals surface area (Å²) in [5.74, 6) is -0.463. The zero-order chi connectivity index (χ0) is 10.6. The molecule has 6 heteroatoms. The number of nitrogens with zero attached hydrogens (tertiary/aromatic N) is 1. The molecule has 1 rings (SSSR count). The highest BCUT2D eigenvalue weighted by atomic mass is 32.1. The van der Waals surface area contributed by atoms with Crippen LogP contribution in [0, 0.1) is 10.1 Å². The first kappa shape index (κ1) is 10.5. The molecule has 0 unspecified atom stereocenters. The summed E-state index contributed by atoms with van der Waals surface area (Å²) in [6, 6.07) is 5.41. The molecule has 0 saturated carbocycles. The van der Waals surface area contributed by atoms with Gasteiger partial charge in [-0.05, 0) is 6.07 Å². The van der Waals surface area contributed by atoms with Crippen molar-refractivity contribution in [3.8, 4) is 5.75 Å². The van der Waals surface area contributed by atoms with Crippen LogP contribution < -0.4 is 4.74 Å². The third-order valence-electron chi connectivity index (χ3n) is 1.39. The first-order valence-electron chi connectivity index (χ1n) is 3.69. The van der Waals surface area contributed by atoms with Gasteiger partial charge in [-0.25, -0.2) is 0 Å². The number of ether oxygens (including phenoxy) is 1. The molecule has 0 aliphatic rings. The van der Waals surface area contributed by atoms with E-state index in [9.17, 15) is 14.9 Å². The molecule has 0 saturated heterocycles. The number of rotatable bonds is 3. The monoisotopic (exact) mass is 213 g/mol. The van der Waals surface area contributed by atoms with E-state index in [1.165, 1.54) is 24.3 Å². The van der Waals surface area contributed by atoms with E-state index in [4.69, 9.17) is 4.74 Å². The molecule has 0 bridgehead atoms. The largest absolute Gasteiger partial charge is 0.426 e. The Morgan fingerprint density at radius 2 is 2.29 bits per heavy atom. The first-order valence-corrected chi connectivity index (χ1v) is 4.32. The van der Waals surface area contributed by atoms with Crippen LogP contribution in [0.3, 0.4) is 0 Å². The maximum atomic E-state index is 10.8. The Hall–Kier alpha value is -1.56. The number of thiol groups is 1. The van der Waals surface area contributed by atoms with Crippen molar-refractivity contribution in [2.45, 2.75) is 0 Å². The first-order chi connectivity index (χ1) is 6.63. The van der Waals surface area contributed by atoms with Crippen LogP contribution in [0.1, 0.15) is 0 Å². The topological polar surface area (TPSA) is 69.4 Å². The average Bonchev–Trinajstić information content (AvgIpc) is 2.18. The fourth-order valence-corrected chi connectivity index (χ4v) is 0.889. The van der Waals surface area contributed by atoms with Gasteiger partial charge in [-0.2, -0.15) is 12.6 Å². The lowest BCUT2D eigenvalue weighted by molar-refractivity contribution is -0.384. The number of hydrogen-bond acceptors (Lipinski definition) is 5. The van der Waals surface area contributed by atoms with Gasteiger partial charge in [0.05, 0.1) is 16.7 Å². The van der Waals surface area contributed by atoms with Crippen molar-refractivity contribution in [1.82, 2.24) is 0 Å². The average molecular weight is 213 g/mol. The van der Waals surface area contributed by atoms with Crippen molar-refractivity contribution in [3.05, 3.63) is 34.4 Å². The van der Waals surface area contributed by atoms with E-state index in [0.717, 1.165) is 0 Å². The summed E-state index contributed by atoms with van der Waals surface area (Å²) in [6.45, 7) is 0. The van der Waals surface area contributed by atoms with Crippen LogP contribution in [0.25, 0.3) is 0 Å². The van der Waals surface area contributed by atoms with Gasteiger partial charge >= 0.3 is 5.97 Å². The Bertz CT molecular complexity index is 366. The Balaban J connectivity index is 2.83. The number of benzene rings is 1. The number of hydrogen-bond donors (Lipinski definition) is 1. The number of carbonyl (C=O) groups is 1. The minimum Gasteiger partial charge on any atom is -0.426 e. The predicted molar refractivity (Wildman–Crippen MR) is 52.6 cm³/mol. The van der Waals surface area contributed by atoms with Crippen molar-refractivity contribution in [2.24, 2.45) is 0 Å². The Morgan fingerprint density at radius 3 is 2.86 bits per heavy atom. The van der Waals surface area contributed by atoms with Crippen LogP contribution in [-0.4, -0.2) is 16.6 Å². The third kappa shape index (κ3) is 2.74. The maximum absolute atomic E-state index is 10.8. The summed E-state index contributed by atoms with van der Waals surface area (Å²) in [5, 5.41) is 10.4. The molecule has 0 aliphatic carbocycles. The van der Waals surface area contributed by atoms with Crippen molar-refractivity contribution in [3.63, 3.8) is 0 Å². The van der Waals surface area contributed by atoms with Crippen LogP contribution in [0.2, 0.25) is 0 Å². The second-order valence-electron chi connectivity index (χ2n) is 2.39. The van der Waals surface area contributed by atoms with Crippen LogP contribution in [0.4, 0.5) is 5.69 Å². The zero-order valence-electron chi connectivity index (χ0n) is 7.04. The normalized spacial score (nSPS) is 9.50. The molecule has 0 spiro atoms. The molecule has 74 valence electrons. The minimum atomic E-state index is -0.558. The van der Waals surface area contributed by atoms with Crippen molar-refractivity contribution >= 4 is 24.3 Å². The van der Waals surface area contributed by atoms with Gasteiger partial charge in [0.1, 0.15) is 5.75 Å². The molecule has 1 aromatic carbocycles. The van der Waals surface area contributed by atoms with Gasteiger partial charge in [0.2, 0.25) is 0 Å². The fraction of sp³-hybridized carbons (Fsp3) is 0.125. The number of carbonyl (C=O) groups excluding carboxylic acids is 1. The standard InChI is InChI=1S/C8H7NO4S/c10-8(5-14)13-7-3-1-2-6(4-7)9(11)12/h1-4,14H,5H2. The summed E-state index contributed by atoms with van der Waals surface area (Å²) < 4.78 is 4.73. The van der Waals surface area contributed by atoms with E-state index in [2.05, 4.69) is 12.6 Å². The third-order valence-corrected chi connectivity index (χ3v) is 1.65. The molecule has 5 nitrogen and oxygen atoms in total. The summed E-state index contributed by atoms with van der Waals surface area (Å²) in [5.41, 5.74) is -0.116. The van der Waals surface area contributed by atoms with Gasteiger partial charge < -0.3 is 4.74 Å². The molecule has 0 N–H and O–H groups in total. The van der Waals surface area contributed by atoms with Gasteiger partial charge in [-0.1, -0.05) is 6.07 Å². The van der Waals surface area contributed by atoms with E-state index in [0.29, 0.717) is 0 Å². The highest BCUT2D eigenvalue weighted by molar-refractivity contribution is 7.81. The number of non-ortho nitro benzene ring substituents is 1. The molecule has 0 aromatic heterocycles. The Kier molecular flexibility index (Phi) is 3.47. The zero-order valence-corrected chi connectivity index (χ0v) is 7.94. The van der Waals surface area contributed by atoms with Gasteiger partial charge in [-0.3, -0.25) is 14.9 Å². The summed E-state index contributed by atoms with van der Waals surface area (Å²) >= 11 is 3.70. The lowest BCUT2D eigenvalue weighted by Gasteiger charge is -2.00. The SMILES string of the molecule is O=C(CS)Oc1cccc([N+](=O)[O-])c1. The summed E-state index contributed by atoms with van der Waals surface area (Å²) in [4.78, 5) is 20.6. The molecule has 0 fully saturated rings. The molecular formula is C8H7NO4S. The second kappa shape index (κ2) is 4.61. The Labute approximate surface area is 85.2 Å². The van der Waals surface area contributed by atoms with Crippen LogP contribution >= 0.6 is 12.6 Å². The molecule has 0 heterocycles. The lowest BCUT2D eigenvalue weighted by Crippen LogP contribution is -2.08. The molecule has 1 aromatic rings. The summed E-state index contributed by atoms with van der Waals surface area (Å²) in [6.07, 6.45) is 0. The second-order valence-corrected chi connectivity index (χ2v) is 2.70. The van der Waals surface area contributed by atoms with Gasteiger partial charge in [0.15, 0.2) is 0 Å². The van der Waals surface area contributed by atoms with Crippen LogP contribution in [-0.2, 0) is 4.79 Å². The molecule has 0 radical (unpaired) electrons. The van der Waals surface area contributed by atoms with Crippen LogP contribution in [0.15, 0.2) is 24.3 Å². The smallest absolute Gasteiger partial charge is 0.321 e. The van der Waals surface area contributed by atoms with Gasteiger partial charge in [0.25, 0.3) is 5.69 Å². The Morgan fingerprint density at radius 1 is 1.57 bits per heavy atom. The number of nitro groups is 1. The molecular weight excluding hydrogens is 206 g/mol. The lowest BCUT2D eigenvalue weighted by atomic mass is 10.3. The molecule has 0 amide bonds. The van der Waals surface area contributed by atoms with Crippen molar-refractivity contribution < 1.29 is 14.5 Å². The van der Waals surface area contributed by atoms with E-state index >= 15 is 0 Å². The quantitative estimate of drug-likeness (QED) is 0.271. The molecule has 0 aliphatic heterocycles. The predicted octanol–water partition coefficient (Wildman–Crippen LogP) is 1.43. The van der Waals surface area contributed by atoms with Gasteiger partial charge in [-0.15, -0.1) is 0 Å². The van der Waals surface area contributed by atoms with Gasteiger partial charge in [0, 0.05) is 6.07 Å². The van der Waals surface area contributed by atoms with E-state index in [1.54, 1.807) is 0 Å². The molecule has 0 atom stereocenters. The molecule has 14 heavy (non-hydrogen) atoms. The number of esters is 1. The van der Waals surface area contributed by atoms with Crippen molar-refractivity contribution in [2.75, 3.05) is 5.75 Å². The van der Waals surface area contributed by atoms with Crippen LogP contribution in [0.5, 0.6) is 5.75 Å². The maximum Gasteiger partial charge on any atom is 0.321 e. The van der Waals surface area contributed by atoms with E-state index in [-0.39, 0.29) is 17.2 Å². The highest BCUT2D eigenvalue weighted by Gasteiger charge is 2.08. The van der Waals surface area contributed by atoms with E-state index in [1.807, 2.05) is 0 Å². The summed E-state index contributed by atoms with van der Waals surface area (Å²) in [7, 11) is 0. The highest BCUT2D eigenvalue weighted by Crippen LogP contribution is 2.19. The number of nitro benzene ring substituents is 1. The minimum absolute atomic E-state index is 0.0668. The van der Waals surface area contributed by atoms with Crippen molar-refractivity contribution in [1.29, 1.82) is 0 Å². The fourth-order valence-electron chi connectivity index (χ4n) is 0.824. The van der Waals surface area contributed by atoms with E-state index < -0.39 is 10.9 Å².